The van der Waals surface area contributed by atoms with Gasteiger partial charge in [-0.3, -0.25) is 75.5 Å². The first-order valence-electron chi connectivity index (χ1n) is 34.4. The highest BCUT2D eigenvalue weighted by Gasteiger charge is 2.38. The summed E-state index contributed by atoms with van der Waals surface area (Å²) in [5.41, 5.74) is 0. The summed E-state index contributed by atoms with van der Waals surface area (Å²) in [4.78, 5) is 158. The highest BCUT2D eigenvalue weighted by Crippen LogP contribution is 2.15. The van der Waals surface area contributed by atoms with E-state index in [0.29, 0.717) is 18.8 Å². The molecular weight excluding hydrogens is 1530 g/mol. The molecule has 1 saturated heterocycles. The Labute approximate surface area is 623 Å². The lowest BCUT2D eigenvalue weighted by Crippen LogP contribution is -2.62. The van der Waals surface area contributed by atoms with Crippen LogP contribution >= 0.6 is 0 Å². The highest BCUT2D eigenvalue weighted by atomic mass is 32.2. The van der Waals surface area contributed by atoms with Gasteiger partial charge in [-0.05, 0) is 122 Å². The van der Waals surface area contributed by atoms with Crippen LogP contribution in [0.25, 0.3) is 0 Å². The van der Waals surface area contributed by atoms with E-state index in [4.69, 9.17) is 0 Å². The number of hydrogen-bond donors (Lipinski definition) is 23. The Balaban J connectivity index is 4.33. The molecule has 0 spiro atoms. The minimum absolute atomic E-state index is 0.0847. The van der Waals surface area contributed by atoms with Crippen LogP contribution in [0.1, 0.15) is 139 Å². The number of hydrogen-bond acceptors (Lipinski definition) is 28. The van der Waals surface area contributed by atoms with E-state index in [1.807, 2.05) is 13.8 Å². The Kier molecular flexibility index (Phi) is 44.3. The number of carbonyl (C=O) groups is 11. The number of rotatable bonds is 44. The number of aliphatic hydroxyl groups is 2. The smallest absolute Gasteiger partial charge is 0.278 e. The van der Waals surface area contributed by atoms with Crippen LogP contribution in [0, 0.1) is 17.8 Å². The maximum absolute atomic E-state index is 14.9. The van der Waals surface area contributed by atoms with Crippen molar-refractivity contribution in [2.75, 3.05) is 68.7 Å². The molecule has 0 aromatic heterocycles. The zero-order valence-electron chi connectivity index (χ0n) is 60.9. The van der Waals surface area contributed by atoms with Gasteiger partial charge in [0.05, 0.1) is 12.2 Å². The lowest BCUT2D eigenvalue weighted by molar-refractivity contribution is -0.137. The third-order valence-electron chi connectivity index (χ3n) is 15.9. The van der Waals surface area contributed by atoms with Crippen LogP contribution in [-0.2, 0) is 103 Å². The van der Waals surface area contributed by atoms with Crippen molar-refractivity contribution in [2.24, 2.45) is 17.8 Å². The molecule has 1 heterocycles. The minimum Gasteiger partial charge on any atom is -0.391 e. The van der Waals surface area contributed by atoms with Gasteiger partial charge in [0.25, 0.3) is 50.6 Å². The predicted octanol–water partition coefficient (Wildman–Crippen LogP) is -8.06. The Morgan fingerprint density at radius 2 is 0.804 bits per heavy atom. The van der Waals surface area contributed by atoms with E-state index in [-0.39, 0.29) is 32.2 Å². The second kappa shape index (κ2) is 48.2. The first-order chi connectivity index (χ1) is 49.4. The number of aliphatic hydroxyl groups excluding tert-OH is 2. The average molecular weight is 1640 g/mol. The molecule has 49 heteroatoms. The fraction of sp³-hybridized carbons (Fsp3) is 0.810. The quantitative estimate of drug-likeness (QED) is 0.0199. The SMILES string of the molecule is CCC(C)CCCCC(=O)N[C@@H](CCNCS(=O)(=O)O)C(=O)N[C@H](C(=O)N[C@@H](CCNCS(=O)(=O)O)C(=O)NC1CCNC(=O)C([C@@H](C)O)NC(=O)[C@H](CCNCS(=O)(=O)O)NC(=O)[C@H](CCNCS(=O)(=O)O)NC(=O)[C@H](CC(C)C)NC(=O)[C@@H](CC(C)C)NC(=O)C(CCNCS(=O)(=O)O)NC1=O)[C@@H](C)O. The fourth-order valence-electron chi connectivity index (χ4n) is 10.2. The Hall–Kier alpha value is -6.56. The summed E-state index contributed by atoms with van der Waals surface area (Å²) >= 11 is 0. The molecule has 44 nitrogen and oxygen atoms in total. The van der Waals surface area contributed by atoms with Gasteiger partial charge in [-0.1, -0.05) is 60.8 Å². The topological polar surface area (TPSA) is 693 Å². The molecule has 0 radical (unpaired) electrons. The molecule has 4 unspecified atom stereocenters. The van der Waals surface area contributed by atoms with E-state index in [1.54, 1.807) is 27.7 Å². The van der Waals surface area contributed by atoms with Crippen molar-refractivity contribution in [1.82, 2.24) is 85.1 Å². The van der Waals surface area contributed by atoms with Crippen LogP contribution in [0.15, 0.2) is 0 Å². The van der Waals surface area contributed by atoms with Crippen LogP contribution in [0.3, 0.4) is 0 Å². The maximum atomic E-state index is 14.9. The molecule has 1 rings (SSSR count). The molecule has 0 aromatic carbocycles. The number of amides is 11. The number of unbranched alkanes of at least 4 members (excludes halogenated alkanes) is 1. The summed E-state index contributed by atoms with van der Waals surface area (Å²) < 4.78 is 163. The summed E-state index contributed by atoms with van der Waals surface area (Å²) in [6.45, 7) is 9.25. The average Bonchev–Trinajstić information content (AvgIpc) is 1.17. The fourth-order valence-corrected chi connectivity index (χ4v) is 12.2. The van der Waals surface area contributed by atoms with Gasteiger partial charge in [-0.2, -0.15) is 42.1 Å². The van der Waals surface area contributed by atoms with Gasteiger partial charge in [-0.15, -0.1) is 0 Å². The normalized spacial score (nSPS) is 21.5. The zero-order chi connectivity index (χ0) is 81.8. The predicted molar refractivity (Wildman–Crippen MR) is 382 cm³/mol. The molecular formula is C58H110N16O28S5. The Morgan fingerprint density at radius 3 is 1.18 bits per heavy atom. The van der Waals surface area contributed by atoms with Crippen LogP contribution < -0.4 is 85.1 Å². The van der Waals surface area contributed by atoms with E-state index in [2.05, 4.69) is 85.1 Å². The Bertz CT molecular complexity index is 3520. The summed E-state index contributed by atoms with van der Waals surface area (Å²) in [6, 6.07) is -18.5. The molecule has 1 aliphatic rings. The number of nitrogens with one attached hydrogen (secondary N) is 16. The molecule has 23 N–H and O–H groups in total. The van der Waals surface area contributed by atoms with Crippen LogP contribution in [0.5, 0.6) is 0 Å². The minimum atomic E-state index is -4.77. The second-order valence-electron chi connectivity index (χ2n) is 26.7. The molecule has 0 saturated carbocycles. The van der Waals surface area contributed by atoms with Crippen molar-refractivity contribution in [3.05, 3.63) is 0 Å². The van der Waals surface area contributed by atoms with E-state index >= 15 is 0 Å². The third kappa shape index (κ3) is 45.3. The maximum Gasteiger partial charge on any atom is 0.278 e. The van der Waals surface area contributed by atoms with E-state index in [1.165, 1.54) is 0 Å². The highest BCUT2D eigenvalue weighted by molar-refractivity contribution is 7.86. The third-order valence-corrected chi connectivity index (χ3v) is 18.7. The molecule has 11 amide bonds. The molecule has 0 aromatic rings. The van der Waals surface area contributed by atoms with Gasteiger partial charge in [0.15, 0.2) is 0 Å². The van der Waals surface area contributed by atoms with Crippen LogP contribution in [0.2, 0.25) is 0 Å². The van der Waals surface area contributed by atoms with E-state index < -0.39 is 294 Å². The summed E-state index contributed by atoms with van der Waals surface area (Å²) in [5.74, 6) is -19.1. The van der Waals surface area contributed by atoms with Crippen molar-refractivity contribution in [2.45, 2.75) is 211 Å². The Morgan fingerprint density at radius 1 is 0.439 bits per heavy atom. The summed E-state index contributed by atoms with van der Waals surface area (Å²) in [5, 5.41) is 59.7. The van der Waals surface area contributed by atoms with Gasteiger partial charge in [0.2, 0.25) is 65.0 Å². The van der Waals surface area contributed by atoms with Gasteiger partial charge in [0, 0.05) is 13.0 Å². The van der Waals surface area contributed by atoms with Gasteiger partial charge in [0.1, 0.15) is 89.8 Å². The zero-order valence-corrected chi connectivity index (χ0v) is 65.0. The van der Waals surface area contributed by atoms with Crippen molar-refractivity contribution in [1.29, 1.82) is 0 Å². The van der Waals surface area contributed by atoms with Gasteiger partial charge >= 0.3 is 0 Å². The summed E-state index contributed by atoms with van der Waals surface area (Å²) in [6.07, 6.45) is -5.23. The lowest BCUT2D eigenvalue weighted by atomic mass is 9.99. The largest absolute Gasteiger partial charge is 0.391 e. The summed E-state index contributed by atoms with van der Waals surface area (Å²) in [7, 11) is -23.5. The van der Waals surface area contributed by atoms with Crippen LogP contribution in [-0.4, -0.2) is 281 Å². The lowest BCUT2D eigenvalue weighted by Gasteiger charge is -2.29. The van der Waals surface area contributed by atoms with Crippen molar-refractivity contribution < 1.29 is 128 Å². The molecule has 1 fully saturated rings. The molecule has 0 bridgehead atoms. The standard InChI is InChI=1S/C58H110N16O28S5/c1-9-35(6)12-10-11-13-46(77)65-38(14-20-59-28-103(88,89)90)53(82)74-48(37(8)76)58(87)70-41(17-23-62-31-106(97,98)99)50(79)68-43-19-25-64-57(86)47(36(7)75)73-54(83)42(18-24-63-32-107(100,101)102)67-49(78)39(15-21-60-29-104(91,92)93)69-55(84)44(26-33(2)3)72-56(85)45(27-34(4)5)71-52(81)40(66-51(43)80)16-22-61-30-105(94,95)96/h33-45,47-48,59-63,75-76H,9-32H2,1-8H3,(H,64,86)(H,65,77)(H,66,80)(H,67,78)(H,68,79)(H,69,84)(H,70,87)(H,71,81)(H,72,85)(H,73,83)(H,74,82)(H,88,89,90)(H,91,92,93)(H,94,95,96)(H,97,98,99)(H,100,101,102)/t35?,36-,37-,38+,39+,40?,41+,42+,43?,44+,45-,47?,48+/m1/s1. The van der Waals surface area contributed by atoms with E-state index in [0.717, 1.165) is 26.7 Å². The van der Waals surface area contributed by atoms with Gasteiger partial charge < -0.3 is 95.3 Å². The van der Waals surface area contributed by atoms with Crippen molar-refractivity contribution in [3.8, 4) is 0 Å². The van der Waals surface area contributed by atoms with Crippen molar-refractivity contribution in [3.63, 3.8) is 0 Å². The molecule has 13 atom stereocenters. The first-order valence-corrected chi connectivity index (χ1v) is 42.4. The molecule has 620 valence electrons. The monoisotopic (exact) mass is 1640 g/mol. The first kappa shape index (κ1) is 98.4. The van der Waals surface area contributed by atoms with Crippen molar-refractivity contribution >= 4 is 116 Å². The second-order valence-corrected chi connectivity index (χ2v) is 33.9. The van der Waals surface area contributed by atoms with E-state index in [9.17, 15) is 128 Å². The van der Waals surface area contributed by atoms with Gasteiger partial charge in [-0.25, -0.2) is 0 Å². The molecule has 1 aliphatic heterocycles. The molecule has 0 aliphatic carbocycles. The number of carbonyl (C=O) groups excluding carboxylic acids is 11. The van der Waals surface area contributed by atoms with Crippen LogP contribution in [0.4, 0.5) is 0 Å². The molecule has 107 heavy (non-hydrogen) atoms.